The van der Waals surface area contributed by atoms with Gasteiger partial charge < -0.3 is 29.3 Å². The molecule has 1 N–H and O–H groups in total. The van der Waals surface area contributed by atoms with E-state index in [1.165, 1.54) is 6.26 Å². The van der Waals surface area contributed by atoms with Gasteiger partial charge in [-0.25, -0.2) is 13.2 Å². The van der Waals surface area contributed by atoms with Crippen molar-refractivity contribution in [2.24, 2.45) is 5.92 Å². The maximum atomic E-state index is 12.6. The van der Waals surface area contributed by atoms with Crippen LogP contribution in [0.2, 0.25) is 0 Å². The molecule has 0 spiro atoms. The summed E-state index contributed by atoms with van der Waals surface area (Å²) in [4.78, 5) is 16.7. The molecular formula is C32H39N3O6S. The minimum Gasteiger partial charge on any atom is -0.464 e. The predicted molar refractivity (Wildman–Crippen MR) is 162 cm³/mol. The van der Waals surface area contributed by atoms with Gasteiger partial charge in [0, 0.05) is 55.2 Å². The van der Waals surface area contributed by atoms with E-state index in [9.17, 15) is 13.2 Å². The smallest absolute Gasteiger partial charge is 0.410 e. The van der Waals surface area contributed by atoms with Gasteiger partial charge in [-0.3, -0.25) is 0 Å². The van der Waals surface area contributed by atoms with Gasteiger partial charge in [0.1, 0.15) is 12.4 Å². The fraction of sp³-hybridized carbons (Fsp3) is 0.406. The van der Waals surface area contributed by atoms with E-state index in [1.807, 2.05) is 68.7 Å². The van der Waals surface area contributed by atoms with Gasteiger partial charge in [0.2, 0.25) is 6.29 Å². The highest BCUT2D eigenvalue weighted by Gasteiger charge is 2.33. The van der Waals surface area contributed by atoms with Gasteiger partial charge in [-0.1, -0.05) is 42.5 Å². The molecule has 42 heavy (non-hydrogen) atoms. The lowest BCUT2D eigenvalue weighted by molar-refractivity contribution is -0.148. The van der Waals surface area contributed by atoms with E-state index in [-0.39, 0.29) is 29.8 Å². The van der Waals surface area contributed by atoms with Gasteiger partial charge in [-0.05, 0) is 62.3 Å². The van der Waals surface area contributed by atoms with E-state index in [2.05, 4.69) is 10.2 Å². The highest BCUT2D eigenvalue weighted by molar-refractivity contribution is 7.90. The van der Waals surface area contributed by atoms with Crippen LogP contribution in [0.25, 0.3) is 11.1 Å². The number of hydrogen-bond acceptors (Lipinski definition) is 8. The highest BCUT2D eigenvalue weighted by Crippen LogP contribution is 2.37. The van der Waals surface area contributed by atoms with Gasteiger partial charge in [0.05, 0.1) is 11.5 Å². The Bertz CT molecular complexity index is 1490. The van der Waals surface area contributed by atoms with Crippen LogP contribution >= 0.6 is 0 Å². The number of anilines is 1. The average Bonchev–Trinajstić information content (AvgIpc) is 2.99. The lowest BCUT2D eigenvalue weighted by Crippen LogP contribution is -2.44. The number of ether oxygens (including phenoxy) is 3. The number of benzene rings is 3. The molecule has 1 saturated heterocycles. The zero-order chi connectivity index (χ0) is 29.7. The van der Waals surface area contributed by atoms with Gasteiger partial charge in [-0.15, -0.1) is 0 Å². The molecule has 3 aromatic carbocycles. The Morgan fingerprint density at radius 2 is 1.81 bits per heavy atom. The van der Waals surface area contributed by atoms with Crippen molar-refractivity contribution < 1.29 is 27.4 Å². The summed E-state index contributed by atoms with van der Waals surface area (Å²) >= 11 is 0. The van der Waals surface area contributed by atoms with Crippen molar-refractivity contribution in [3.8, 4) is 16.9 Å². The SMILES string of the molecule is CN(C)CCNc1cc(S(C)(=O)=O)ccc1-c1ccc2c(c1)COC(C1CCN(C(=O)OCc3ccccc3)CC1)O2. The van der Waals surface area contributed by atoms with Crippen molar-refractivity contribution in [2.45, 2.75) is 37.2 Å². The molecule has 3 aromatic rings. The molecule has 0 aliphatic carbocycles. The van der Waals surface area contributed by atoms with Crippen LogP contribution in [0.5, 0.6) is 5.75 Å². The lowest BCUT2D eigenvalue weighted by Gasteiger charge is -2.37. The number of amides is 1. The number of nitrogens with zero attached hydrogens (tertiary/aromatic N) is 2. The van der Waals surface area contributed by atoms with Crippen LogP contribution in [-0.4, -0.2) is 77.1 Å². The summed E-state index contributed by atoms with van der Waals surface area (Å²) in [6, 6.07) is 20.9. The maximum Gasteiger partial charge on any atom is 0.410 e. The zero-order valence-corrected chi connectivity index (χ0v) is 25.2. The molecule has 0 bridgehead atoms. The Kier molecular flexibility index (Phi) is 9.35. The third kappa shape index (κ3) is 7.42. The topological polar surface area (TPSA) is 97.4 Å². The summed E-state index contributed by atoms with van der Waals surface area (Å²) in [7, 11) is 0.655. The van der Waals surface area contributed by atoms with E-state index < -0.39 is 9.84 Å². The first-order valence-electron chi connectivity index (χ1n) is 14.3. The summed E-state index contributed by atoms with van der Waals surface area (Å²) in [5, 5.41) is 3.41. The number of piperidine rings is 1. The summed E-state index contributed by atoms with van der Waals surface area (Å²) in [6.07, 6.45) is 2.10. The number of hydrogen-bond donors (Lipinski definition) is 1. The number of rotatable bonds is 9. The lowest BCUT2D eigenvalue weighted by atomic mass is 9.95. The molecule has 2 heterocycles. The monoisotopic (exact) mass is 593 g/mol. The van der Waals surface area contributed by atoms with Crippen LogP contribution in [-0.2, 0) is 32.5 Å². The van der Waals surface area contributed by atoms with Gasteiger partial charge in [0.15, 0.2) is 9.84 Å². The van der Waals surface area contributed by atoms with Crippen LogP contribution in [0.3, 0.4) is 0 Å². The van der Waals surface area contributed by atoms with Crippen LogP contribution in [0.4, 0.5) is 10.5 Å². The summed E-state index contributed by atoms with van der Waals surface area (Å²) in [5.74, 6) is 0.960. The van der Waals surface area contributed by atoms with Gasteiger partial charge in [0.25, 0.3) is 0 Å². The van der Waals surface area contributed by atoms with Crippen molar-refractivity contribution in [3.63, 3.8) is 0 Å². The number of likely N-dealkylation sites (tertiary alicyclic amines) is 1. The van der Waals surface area contributed by atoms with Crippen LogP contribution in [0.1, 0.15) is 24.0 Å². The fourth-order valence-electron chi connectivity index (χ4n) is 5.27. The van der Waals surface area contributed by atoms with E-state index in [0.717, 1.165) is 53.1 Å². The Balaban J connectivity index is 1.21. The van der Waals surface area contributed by atoms with E-state index in [0.29, 0.717) is 26.2 Å². The van der Waals surface area contributed by atoms with Crippen LogP contribution in [0.15, 0.2) is 71.6 Å². The number of likely N-dealkylation sites (N-methyl/N-ethyl adjacent to an activating group) is 1. The second kappa shape index (κ2) is 13.1. The molecule has 10 heteroatoms. The Morgan fingerprint density at radius 3 is 2.52 bits per heavy atom. The number of nitrogens with one attached hydrogen (secondary N) is 1. The maximum absolute atomic E-state index is 12.6. The molecule has 2 aliphatic heterocycles. The number of sulfone groups is 1. The van der Waals surface area contributed by atoms with Crippen LogP contribution < -0.4 is 10.1 Å². The standard InChI is InChI=1S/C32H39N3O6S/c1-34(2)18-15-33-29-20-27(42(3,37)38)10-11-28(29)25-9-12-30-26(19-25)22-39-31(41-30)24-13-16-35(17-14-24)32(36)40-21-23-7-5-4-6-8-23/h4-12,19-20,24,31,33H,13-18,21-22H2,1-3H3. The third-order valence-corrected chi connectivity index (χ3v) is 8.81. The molecule has 224 valence electrons. The van der Waals surface area contributed by atoms with Gasteiger partial charge >= 0.3 is 6.09 Å². The minimum atomic E-state index is -3.34. The molecular weight excluding hydrogens is 554 g/mol. The second-order valence-electron chi connectivity index (χ2n) is 11.2. The first kappa shape index (κ1) is 29.9. The molecule has 0 aromatic heterocycles. The summed E-state index contributed by atoms with van der Waals surface area (Å²) in [6.45, 7) is 3.36. The summed E-state index contributed by atoms with van der Waals surface area (Å²) in [5.41, 5.74) is 4.54. The molecule has 0 saturated carbocycles. The molecule has 1 amide bonds. The fourth-order valence-corrected chi connectivity index (χ4v) is 5.92. The van der Waals surface area contributed by atoms with Gasteiger partial charge in [-0.2, -0.15) is 0 Å². The van der Waals surface area contributed by atoms with Crippen molar-refractivity contribution in [2.75, 3.05) is 51.8 Å². The van der Waals surface area contributed by atoms with E-state index in [4.69, 9.17) is 14.2 Å². The highest BCUT2D eigenvalue weighted by atomic mass is 32.2. The Hall–Kier alpha value is -3.60. The van der Waals surface area contributed by atoms with Crippen molar-refractivity contribution in [1.82, 2.24) is 9.80 Å². The van der Waals surface area contributed by atoms with E-state index >= 15 is 0 Å². The molecule has 1 atom stereocenters. The second-order valence-corrected chi connectivity index (χ2v) is 13.2. The first-order valence-corrected chi connectivity index (χ1v) is 16.2. The molecule has 9 nitrogen and oxygen atoms in total. The minimum absolute atomic E-state index is 0.173. The van der Waals surface area contributed by atoms with Crippen molar-refractivity contribution in [1.29, 1.82) is 0 Å². The number of fused-ring (bicyclic) bond motifs is 1. The normalized spacial score (nSPS) is 17.4. The number of carbonyl (C=O) groups is 1. The largest absolute Gasteiger partial charge is 0.464 e. The zero-order valence-electron chi connectivity index (χ0n) is 24.4. The number of carbonyl (C=O) groups excluding carboxylic acids is 1. The summed E-state index contributed by atoms with van der Waals surface area (Å²) < 4.78 is 42.4. The Labute approximate surface area is 248 Å². The molecule has 5 rings (SSSR count). The first-order chi connectivity index (χ1) is 20.2. The molecule has 0 radical (unpaired) electrons. The molecule has 2 aliphatic rings. The third-order valence-electron chi connectivity index (χ3n) is 7.70. The predicted octanol–water partition coefficient (Wildman–Crippen LogP) is 5.01. The average molecular weight is 594 g/mol. The molecule has 1 unspecified atom stereocenters. The van der Waals surface area contributed by atoms with Crippen LogP contribution in [0, 0.1) is 5.92 Å². The van der Waals surface area contributed by atoms with Crippen molar-refractivity contribution in [3.05, 3.63) is 77.9 Å². The van der Waals surface area contributed by atoms with E-state index in [1.54, 1.807) is 17.0 Å². The quantitative estimate of drug-likeness (QED) is 0.370. The Morgan fingerprint density at radius 1 is 1.05 bits per heavy atom. The molecule has 1 fully saturated rings. The van der Waals surface area contributed by atoms with Crippen molar-refractivity contribution >= 4 is 21.6 Å².